The summed E-state index contributed by atoms with van der Waals surface area (Å²) in [5, 5.41) is 0.571. The zero-order valence-electron chi connectivity index (χ0n) is 9.29. The van der Waals surface area contributed by atoms with E-state index in [1.165, 1.54) is 6.07 Å². The minimum Gasteiger partial charge on any atom is -0.489 e. The molecule has 0 amide bonds. The molecule has 0 aromatic heterocycles. The summed E-state index contributed by atoms with van der Waals surface area (Å²) in [6.45, 7) is 0.241. The van der Waals surface area contributed by atoms with E-state index in [-0.39, 0.29) is 12.4 Å². The van der Waals surface area contributed by atoms with E-state index in [9.17, 15) is 4.39 Å². The number of hydrogen-bond acceptors (Lipinski definition) is 2. The molecular formula is C13H10BrClFNO. The fraction of sp³-hybridized carbons (Fsp3) is 0.0769. The Kier molecular flexibility index (Phi) is 4.09. The van der Waals surface area contributed by atoms with Gasteiger partial charge in [-0.1, -0.05) is 11.6 Å². The van der Waals surface area contributed by atoms with Crippen molar-refractivity contribution in [2.75, 3.05) is 5.73 Å². The molecule has 2 aromatic rings. The second-order valence-corrected chi connectivity index (χ2v) is 4.98. The molecule has 2 aromatic carbocycles. The highest BCUT2D eigenvalue weighted by atomic mass is 79.9. The number of nitrogens with two attached hydrogens (primary N) is 1. The molecule has 0 saturated carbocycles. The number of nitrogen functional groups attached to an aromatic ring is 1. The first-order valence-corrected chi connectivity index (χ1v) is 6.35. The molecule has 18 heavy (non-hydrogen) atoms. The minimum atomic E-state index is -0.369. The molecule has 0 spiro atoms. The molecule has 0 heterocycles. The van der Waals surface area contributed by atoms with Gasteiger partial charge in [-0.2, -0.15) is 0 Å². The maximum absolute atomic E-state index is 13.3. The number of rotatable bonds is 3. The van der Waals surface area contributed by atoms with Gasteiger partial charge in [0.2, 0.25) is 0 Å². The Hall–Kier alpha value is -1.26. The number of benzene rings is 2. The van der Waals surface area contributed by atoms with Gasteiger partial charge in [0, 0.05) is 22.3 Å². The van der Waals surface area contributed by atoms with Crippen LogP contribution in [0.15, 0.2) is 40.9 Å². The lowest BCUT2D eigenvalue weighted by atomic mass is 10.2. The van der Waals surface area contributed by atoms with Crippen LogP contribution >= 0.6 is 27.5 Å². The Morgan fingerprint density at radius 1 is 1.22 bits per heavy atom. The highest BCUT2D eigenvalue weighted by Gasteiger charge is 2.04. The second kappa shape index (κ2) is 5.59. The van der Waals surface area contributed by atoms with E-state index in [0.29, 0.717) is 20.9 Å². The summed E-state index contributed by atoms with van der Waals surface area (Å²) in [4.78, 5) is 0. The van der Waals surface area contributed by atoms with Crippen LogP contribution in [0.5, 0.6) is 5.75 Å². The van der Waals surface area contributed by atoms with Crippen LogP contribution in [0.4, 0.5) is 10.1 Å². The van der Waals surface area contributed by atoms with Crippen molar-refractivity contribution in [3.63, 3.8) is 0 Å². The van der Waals surface area contributed by atoms with Crippen LogP contribution in [0, 0.1) is 5.82 Å². The van der Waals surface area contributed by atoms with Gasteiger partial charge in [-0.3, -0.25) is 0 Å². The summed E-state index contributed by atoms with van der Waals surface area (Å²) < 4.78 is 19.1. The Bertz CT molecular complexity index is 577. The molecule has 5 heteroatoms. The number of ether oxygens (including phenoxy) is 1. The number of hydrogen-bond donors (Lipinski definition) is 1. The van der Waals surface area contributed by atoms with Crippen molar-refractivity contribution in [1.82, 2.24) is 0 Å². The molecule has 0 bridgehead atoms. The van der Waals surface area contributed by atoms with Crippen LogP contribution in [0.3, 0.4) is 0 Å². The van der Waals surface area contributed by atoms with Crippen LogP contribution in [-0.4, -0.2) is 0 Å². The molecule has 94 valence electrons. The van der Waals surface area contributed by atoms with E-state index >= 15 is 0 Å². The predicted molar refractivity (Wildman–Crippen MR) is 74.3 cm³/mol. The zero-order chi connectivity index (χ0) is 13.1. The maximum atomic E-state index is 13.3. The largest absolute Gasteiger partial charge is 0.489 e. The van der Waals surface area contributed by atoms with Gasteiger partial charge in [-0.25, -0.2) is 4.39 Å². The monoisotopic (exact) mass is 329 g/mol. The number of halogens is 3. The third-order valence-corrected chi connectivity index (χ3v) is 3.37. The minimum absolute atomic E-state index is 0.241. The summed E-state index contributed by atoms with van der Waals surface area (Å²) in [5.41, 5.74) is 7.04. The van der Waals surface area contributed by atoms with Gasteiger partial charge < -0.3 is 10.5 Å². The average molecular weight is 331 g/mol. The zero-order valence-corrected chi connectivity index (χ0v) is 11.6. The van der Waals surface area contributed by atoms with Gasteiger partial charge in [-0.15, -0.1) is 0 Å². The van der Waals surface area contributed by atoms with Crippen molar-refractivity contribution in [2.45, 2.75) is 6.61 Å². The summed E-state index contributed by atoms with van der Waals surface area (Å²) in [7, 11) is 0. The third-order valence-electron chi connectivity index (χ3n) is 2.36. The Morgan fingerprint density at radius 2 is 2.00 bits per heavy atom. The normalized spacial score (nSPS) is 10.4. The lowest BCUT2D eigenvalue weighted by molar-refractivity contribution is 0.304. The maximum Gasteiger partial charge on any atom is 0.141 e. The van der Waals surface area contributed by atoms with Gasteiger partial charge >= 0.3 is 0 Å². The van der Waals surface area contributed by atoms with Crippen LogP contribution in [0.2, 0.25) is 5.02 Å². The van der Waals surface area contributed by atoms with E-state index in [1.54, 1.807) is 30.3 Å². The molecule has 2 rings (SSSR count). The van der Waals surface area contributed by atoms with E-state index in [2.05, 4.69) is 15.9 Å². The molecular weight excluding hydrogens is 321 g/mol. The van der Waals surface area contributed by atoms with Crippen LogP contribution < -0.4 is 10.5 Å². The molecule has 0 unspecified atom stereocenters. The highest BCUT2D eigenvalue weighted by molar-refractivity contribution is 9.10. The Morgan fingerprint density at radius 3 is 2.72 bits per heavy atom. The average Bonchev–Trinajstić information content (AvgIpc) is 2.34. The van der Waals surface area contributed by atoms with Gasteiger partial charge in [-0.05, 0) is 46.3 Å². The van der Waals surface area contributed by atoms with E-state index in [4.69, 9.17) is 22.1 Å². The summed E-state index contributed by atoms with van der Waals surface area (Å²) in [6.07, 6.45) is 0. The highest BCUT2D eigenvalue weighted by Crippen LogP contribution is 2.24. The van der Waals surface area contributed by atoms with Crippen molar-refractivity contribution in [3.05, 3.63) is 57.3 Å². The summed E-state index contributed by atoms with van der Waals surface area (Å²) in [5.74, 6) is 0.0698. The second-order valence-electron chi connectivity index (χ2n) is 3.72. The van der Waals surface area contributed by atoms with E-state index < -0.39 is 0 Å². The summed E-state index contributed by atoms with van der Waals surface area (Å²) >= 11 is 9.08. The van der Waals surface area contributed by atoms with Gasteiger partial charge in [0.1, 0.15) is 18.2 Å². The van der Waals surface area contributed by atoms with Crippen LogP contribution in [0.25, 0.3) is 0 Å². The standard InChI is InChI=1S/C13H10BrClFNO/c14-11-3-2-10(6-13(11)16)18-7-8-5-9(17)1-4-12(8)15/h1-6H,7,17H2. The smallest absolute Gasteiger partial charge is 0.141 e. The van der Waals surface area contributed by atoms with Crippen molar-refractivity contribution >= 4 is 33.2 Å². The molecule has 0 fully saturated rings. The van der Waals surface area contributed by atoms with Gasteiger partial charge in [0.15, 0.2) is 0 Å². The fourth-order valence-electron chi connectivity index (χ4n) is 1.43. The quantitative estimate of drug-likeness (QED) is 0.846. The van der Waals surface area contributed by atoms with Crippen molar-refractivity contribution in [3.8, 4) is 5.75 Å². The van der Waals surface area contributed by atoms with E-state index in [1.807, 2.05) is 0 Å². The first kappa shape index (κ1) is 13.2. The molecule has 0 aliphatic carbocycles. The summed E-state index contributed by atoms with van der Waals surface area (Å²) in [6, 6.07) is 9.73. The fourth-order valence-corrected chi connectivity index (χ4v) is 1.85. The Labute approximate surface area is 118 Å². The molecule has 0 aliphatic heterocycles. The molecule has 2 nitrogen and oxygen atoms in total. The molecule has 0 atom stereocenters. The molecule has 0 saturated heterocycles. The third kappa shape index (κ3) is 3.15. The van der Waals surface area contributed by atoms with Gasteiger partial charge in [0.05, 0.1) is 4.47 Å². The van der Waals surface area contributed by atoms with Crippen molar-refractivity contribution < 1.29 is 9.13 Å². The number of anilines is 1. The van der Waals surface area contributed by atoms with Crippen LogP contribution in [-0.2, 0) is 6.61 Å². The Balaban J connectivity index is 2.11. The molecule has 2 N–H and O–H groups in total. The predicted octanol–water partition coefficient (Wildman–Crippen LogP) is 4.40. The van der Waals surface area contributed by atoms with Crippen molar-refractivity contribution in [2.24, 2.45) is 0 Å². The lowest BCUT2D eigenvalue weighted by Crippen LogP contribution is -1.98. The first-order chi connectivity index (χ1) is 8.56. The topological polar surface area (TPSA) is 35.2 Å². The van der Waals surface area contributed by atoms with E-state index in [0.717, 1.165) is 5.56 Å². The molecule has 0 aliphatic rings. The lowest BCUT2D eigenvalue weighted by Gasteiger charge is -2.09. The van der Waals surface area contributed by atoms with Gasteiger partial charge in [0.25, 0.3) is 0 Å². The van der Waals surface area contributed by atoms with Crippen molar-refractivity contribution in [1.29, 1.82) is 0 Å². The SMILES string of the molecule is Nc1ccc(Cl)c(COc2ccc(Br)c(F)c2)c1. The van der Waals surface area contributed by atoms with Crippen LogP contribution in [0.1, 0.15) is 5.56 Å². The molecule has 0 radical (unpaired) electrons. The first-order valence-electron chi connectivity index (χ1n) is 5.18.